The van der Waals surface area contributed by atoms with E-state index in [2.05, 4.69) is 9.46 Å². The van der Waals surface area contributed by atoms with E-state index in [0.717, 1.165) is 36.4 Å². The SMILES string of the molecule is O=S(=O)(NC(CO)c1ccc(F)cc1)c1ccc(OC(F)(F)F)cc1. The summed E-state index contributed by atoms with van der Waals surface area (Å²) in [6, 6.07) is 7.35. The van der Waals surface area contributed by atoms with Gasteiger partial charge in [-0.25, -0.2) is 17.5 Å². The van der Waals surface area contributed by atoms with Crippen LogP contribution in [0.3, 0.4) is 0 Å². The number of rotatable bonds is 6. The van der Waals surface area contributed by atoms with Crippen LogP contribution in [0, 0.1) is 5.82 Å². The van der Waals surface area contributed by atoms with Crippen molar-refractivity contribution in [2.24, 2.45) is 0 Å². The van der Waals surface area contributed by atoms with Gasteiger partial charge in [0.05, 0.1) is 17.5 Å². The van der Waals surface area contributed by atoms with E-state index in [4.69, 9.17) is 0 Å². The number of nitrogens with one attached hydrogen (secondary N) is 1. The second kappa shape index (κ2) is 7.38. The molecule has 0 heterocycles. The fourth-order valence-electron chi connectivity index (χ4n) is 1.98. The van der Waals surface area contributed by atoms with Crippen LogP contribution in [0.4, 0.5) is 17.6 Å². The van der Waals surface area contributed by atoms with E-state index in [-0.39, 0.29) is 4.90 Å². The quantitative estimate of drug-likeness (QED) is 0.757. The van der Waals surface area contributed by atoms with Crippen molar-refractivity contribution in [1.82, 2.24) is 4.72 Å². The van der Waals surface area contributed by atoms with Crippen LogP contribution in [0.5, 0.6) is 5.75 Å². The Kier molecular flexibility index (Phi) is 5.65. The number of ether oxygens (including phenoxy) is 1. The maximum absolute atomic E-state index is 12.9. The maximum Gasteiger partial charge on any atom is 0.573 e. The highest BCUT2D eigenvalue weighted by Gasteiger charge is 2.31. The minimum atomic E-state index is -4.89. The third kappa shape index (κ3) is 5.41. The number of hydrogen-bond donors (Lipinski definition) is 2. The lowest BCUT2D eigenvalue weighted by Crippen LogP contribution is -2.30. The highest BCUT2D eigenvalue weighted by Crippen LogP contribution is 2.24. The average Bonchev–Trinajstić information content (AvgIpc) is 2.52. The predicted octanol–water partition coefficient (Wildman–Crippen LogP) is 2.74. The fourth-order valence-corrected chi connectivity index (χ4v) is 3.20. The van der Waals surface area contributed by atoms with Crippen molar-refractivity contribution in [3.63, 3.8) is 0 Å². The second-order valence-corrected chi connectivity index (χ2v) is 6.64. The summed E-state index contributed by atoms with van der Waals surface area (Å²) in [6.45, 7) is -0.597. The van der Waals surface area contributed by atoms with Gasteiger partial charge in [0.15, 0.2) is 0 Å². The van der Waals surface area contributed by atoms with E-state index in [1.54, 1.807) is 0 Å². The van der Waals surface area contributed by atoms with E-state index in [0.29, 0.717) is 5.56 Å². The second-order valence-electron chi connectivity index (χ2n) is 4.93. The zero-order valence-corrected chi connectivity index (χ0v) is 13.3. The first-order chi connectivity index (χ1) is 11.6. The molecule has 25 heavy (non-hydrogen) atoms. The Morgan fingerprint density at radius 1 is 1.04 bits per heavy atom. The van der Waals surface area contributed by atoms with Gasteiger partial charge in [0.25, 0.3) is 0 Å². The third-order valence-electron chi connectivity index (χ3n) is 3.12. The summed E-state index contributed by atoms with van der Waals surface area (Å²) in [7, 11) is -4.13. The molecule has 0 saturated heterocycles. The van der Waals surface area contributed by atoms with Crippen molar-refractivity contribution in [3.05, 3.63) is 59.9 Å². The first kappa shape index (κ1) is 19.2. The molecule has 0 aliphatic rings. The zero-order chi connectivity index (χ0) is 18.7. The number of sulfonamides is 1. The Hall–Kier alpha value is -2.17. The van der Waals surface area contributed by atoms with Crippen molar-refractivity contribution < 1.29 is 35.8 Å². The summed E-state index contributed by atoms with van der Waals surface area (Å²) in [6.07, 6.45) is -4.89. The number of benzene rings is 2. The lowest BCUT2D eigenvalue weighted by molar-refractivity contribution is -0.274. The van der Waals surface area contributed by atoms with Crippen molar-refractivity contribution in [2.75, 3.05) is 6.61 Å². The van der Waals surface area contributed by atoms with Gasteiger partial charge >= 0.3 is 6.36 Å². The van der Waals surface area contributed by atoms with Crippen LogP contribution in [0.2, 0.25) is 0 Å². The molecule has 1 unspecified atom stereocenters. The lowest BCUT2D eigenvalue weighted by atomic mass is 10.1. The fraction of sp³-hybridized carbons (Fsp3) is 0.200. The minimum Gasteiger partial charge on any atom is -0.406 e. The summed E-state index contributed by atoms with van der Waals surface area (Å²) in [5.41, 5.74) is 0.324. The summed E-state index contributed by atoms with van der Waals surface area (Å²) in [5.74, 6) is -1.09. The molecule has 0 radical (unpaired) electrons. The topological polar surface area (TPSA) is 75.6 Å². The van der Waals surface area contributed by atoms with Crippen molar-refractivity contribution in [2.45, 2.75) is 17.3 Å². The highest BCUT2D eigenvalue weighted by atomic mass is 32.2. The van der Waals surface area contributed by atoms with Gasteiger partial charge in [-0.1, -0.05) is 12.1 Å². The Bertz CT molecular complexity index is 805. The smallest absolute Gasteiger partial charge is 0.406 e. The van der Waals surface area contributed by atoms with Crippen LogP contribution in [0.15, 0.2) is 53.4 Å². The molecule has 0 bridgehead atoms. The molecule has 0 fully saturated rings. The summed E-state index contributed by atoms with van der Waals surface area (Å²) >= 11 is 0. The molecule has 2 N–H and O–H groups in total. The number of hydrogen-bond acceptors (Lipinski definition) is 4. The molecule has 0 saturated carbocycles. The summed E-state index contributed by atoms with van der Waals surface area (Å²) in [4.78, 5) is -0.317. The Morgan fingerprint density at radius 3 is 2.08 bits per heavy atom. The average molecular weight is 379 g/mol. The van der Waals surface area contributed by atoms with Crippen LogP contribution in [-0.4, -0.2) is 26.5 Å². The minimum absolute atomic E-state index is 0.317. The molecule has 0 spiro atoms. The van der Waals surface area contributed by atoms with E-state index in [9.17, 15) is 31.1 Å². The molecule has 136 valence electrons. The van der Waals surface area contributed by atoms with Gasteiger partial charge in [0.1, 0.15) is 11.6 Å². The Labute approximate surface area is 140 Å². The predicted molar refractivity (Wildman–Crippen MR) is 79.7 cm³/mol. The monoisotopic (exact) mass is 379 g/mol. The molecule has 0 amide bonds. The summed E-state index contributed by atoms with van der Waals surface area (Å²) < 4.78 is 79.6. The van der Waals surface area contributed by atoms with Crippen molar-refractivity contribution >= 4 is 10.0 Å². The molecular weight excluding hydrogens is 366 g/mol. The van der Waals surface area contributed by atoms with E-state index in [1.165, 1.54) is 12.1 Å². The van der Waals surface area contributed by atoms with E-state index >= 15 is 0 Å². The molecule has 2 rings (SSSR count). The van der Waals surface area contributed by atoms with E-state index in [1.807, 2.05) is 0 Å². The molecular formula is C15H13F4NO4S. The van der Waals surface area contributed by atoms with Crippen LogP contribution in [-0.2, 0) is 10.0 Å². The molecule has 5 nitrogen and oxygen atoms in total. The molecule has 0 aliphatic carbocycles. The molecule has 1 atom stereocenters. The third-order valence-corrected chi connectivity index (χ3v) is 4.61. The maximum atomic E-state index is 12.9. The first-order valence-corrected chi connectivity index (χ1v) is 8.33. The Morgan fingerprint density at radius 2 is 1.60 bits per heavy atom. The molecule has 0 aromatic heterocycles. The molecule has 2 aromatic rings. The van der Waals surface area contributed by atoms with Gasteiger partial charge in [-0.3, -0.25) is 0 Å². The van der Waals surface area contributed by atoms with Crippen LogP contribution in [0.1, 0.15) is 11.6 Å². The normalized spacial score (nSPS) is 13.5. The lowest BCUT2D eigenvalue weighted by Gasteiger charge is -2.17. The van der Waals surface area contributed by atoms with Crippen molar-refractivity contribution in [3.8, 4) is 5.75 Å². The molecule has 0 aliphatic heterocycles. The zero-order valence-electron chi connectivity index (χ0n) is 12.5. The van der Waals surface area contributed by atoms with Gasteiger partial charge in [0, 0.05) is 0 Å². The van der Waals surface area contributed by atoms with Gasteiger partial charge < -0.3 is 9.84 Å². The van der Waals surface area contributed by atoms with Crippen LogP contribution in [0.25, 0.3) is 0 Å². The first-order valence-electron chi connectivity index (χ1n) is 6.85. The summed E-state index contributed by atoms with van der Waals surface area (Å²) in [5, 5.41) is 9.37. The number of halogens is 4. The standard InChI is InChI=1S/C15H13F4NO4S/c16-11-3-1-10(2-4-11)14(9-21)20-25(22,23)13-7-5-12(6-8-13)24-15(17,18)19/h1-8,14,20-21H,9H2. The molecule has 2 aromatic carbocycles. The van der Waals surface area contributed by atoms with Crippen LogP contribution < -0.4 is 9.46 Å². The van der Waals surface area contributed by atoms with Gasteiger partial charge in [-0.15, -0.1) is 13.2 Å². The van der Waals surface area contributed by atoms with Crippen molar-refractivity contribution in [1.29, 1.82) is 0 Å². The highest BCUT2D eigenvalue weighted by molar-refractivity contribution is 7.89. The number of alkyl halides is 3. The largest absolute Gasteiger partial charge is 0.573 e. The van der Waals surface area contributed by atoms with Gasteiger partial charge in [-0.2, -0.15) is 0 Å². The molecule has 10 heteroatoms. The van der Waals surface area contributed by atoms with Gasteiger partial charge in [0.2, 0.25) is 10.0 Å². The Balaban J connectivity index is 2.18. The van der Waals surface area contributed by atoms with E-state index < -0.39 is 40.6 Å². The van der Waals surface area contributed by atoms with Gasteiger partial charge in [-0.05, 0) is 42.0 Å². The number of aliphatic hydroxyl groups excluding tert-OH is 1. The van der Waals surface area contributed by atoms with Crippen LogP contribution >= 0.6 is 0 Å². The number of aliphatic hydroxyl groups is 1.